The molecule has 1 saturated carbocycles. The molecule has 1 aliphatic carbocycles. The van der Waals surface area contributed by atoms with Crippen LogP contribution in [0.3, 0.4) is 0 Å². The second-order valence-electron chi connectivity index (χ2n) is 7.74. The molecule has 28 heavy (non-hydrogen) atoms. The highest BCUT2D eigenvalue weighted by Gasteiger charge is 2.13. The van der Waals surface area contributed by atoms with Crippen molar-refractivity contribution in [1.29, 1.82) is 0 Å². The molecule has 0 bridgehead atoms. The molecule has 2 fully saturated rings. The van der Waals surface area contributed by atoms with Crippen molar-refractivity contribution in [3.63, 3.8) is 0 Å². The first-order valence-electron chi connectivity index (χ1n) is 10.8. The van der Waals surface area contributed by atoms with Gasteiger partial charge in [0, 0.05) is 46.8 Å². The SMILES string of the molecule is CN(C)C(=O)CN=C(NCCOC1CCCCCC1)NCCN1CCOCC1. The molecule has 1 amide bonds. The molecule has 8 nitrogen and oxygen atoms in total. The second-order valence-corrected chi connectivity index (χ2v) is 7.74. The number of morpholine rings is 1. The van der Waals surface area contributed by atoms with Crippen LogP contribution in [0.15, 0.2) is 4.99 Å². The Balaban J connectivity index is 1.71. The number of carbonyl (C=O) groups excluding carboxylic acids is 1. The van der Waals surface area contributed by atoms with Crippen LogP contribution in [0.25, 0.3) is 0 Å². The van der Waals surface area contributed by atoms with E-state index in [2.05, 4.69) is 20.5 Å². The second kappa shape index (κ2) is 13.7. The molecular weight excluding hydrogens is 358 g/mol. The van der Waals surface area contributed by atoms with E-state index in [0.717, 1.165) is 39.4 Å². The van der Waals surface area contributed by atoms with Crippen molar-refractivity contribution in [2.45, 2.75) is 44.6 Å². The lowest BCUT2D eigenvalue weighted by atomic mass is 10.1. The van der Waals surface area contributed by atoms with Gasteiger partial charge in [-0.2, -0.15) is 0 Å². The Hall–Kier alpha value is -1.38. The zero-order valence-electron chi connectivity index (χ0n) is 17.8. The molecule has 0 spiro atoms. The van der Waals surface area contributed by atoms with Gasteiger partial charge in [0.1, 0.15) is 6.54 Å². The molecule has 2 aliphatic rings. The third-order valence-electron chi connectivity index (χ3n) is 5.25. The maximum atomic E-state index is 11.9. The third kappa shape index (κ3) is 9.71. The Bertz CT molecular complexity index is 459. The van der Waals surface area contributed by atoms with Crippen LogP contribution in [0.5, 0.6) is 0 Å². The van der Waals surface area contributed by atoms with Gasteiger partial charge in [-0.25, -0.2) is 4.99 Å². The molecule has 0 unspecified atom stereocenters. The summed E-state index contributed by atoms with van der Waals surface area (Å²) in [6.07, 6.45) is 7.98. The molecule has 162 valence electrons. The average molecular weight is 398 g/mol. The van der Waals surface area contributed by atoms with Crippen molar-refractivity contribution in [3.8, 4) is 0 Å². The van der Waals surface area contributed by atoms with Crippen molar-refractivity contribution >= 4 is 11.9 Å². The van der Waals surface area contributed by atoms with Crippen LogP contribution < -0.4 is 10.6 Å². The molecule has 0 aromatic carbocycles. The minimum Gasteiger partial charge on any atom is -0.379 e. The van der Waals surface area contributed by atoms with Gasteiger partial charge < -0.3 is 25.0 Å². The summed E-state index contributed by atoms with van der Waals surface area (Å²) in [7, 11) is 3.49. The number of nitrogens with one attached hydrogen (secondary N) is 2. The molecule has 0 aromatic rings. The zero-order valence-corrected chi connectivity index (χ0v) is 17.8. The molecule has 0 aromatic heterocycles. The standard InChI is InChI=1S/C20H39N5O3/c1-24(2)19(26)17-23-20(21-9-11-25-12-15-27-16-13-25)22-10-14-28-18-7-5-3-4-6-8-18/h18H,3-17H2,1-2H3,(H2,21,22,23). The Morgan fingerprint density at radius 3 is 2.46 bits per heavy atom. The lowest BCUT2D eigenvalue weighted by Gasteiger charge is -2.26. The predicted octanol–water partition coefficient (Wildman–Crippen LogP) is 0.681. The molecule has 2 N–H and O–H groups in total. The van der Waals surface area contributed by atoms with Gasteiger partial charge in [-0.1, -0.05) is 25.7 Å². The first-order chi connectivity index (χ1) is 13.6. The number of hydrogen-bond acceptors (Lipinski definition) is 5. The van der Waals surface area contributed by atoms with Crippen LogP contribution in [-0.2, 0) is 14.3 Å². The normalized spacial score (nSPS) is 19.9. The quantitative estimate of drug-likeness (QED) is 0.258. The van der Waals surface area contributed by atoms with E-state index in [4.69, 9.17) is 9.47 Å². The van der Waals surface area contributed by atoms with E-state index in [0.29, 0.717) is 25.2 Å². The van der Waals surface area contributed by atoms with Crippen LogP contribution in [0.2, 0.25) is 0 Å². The number of amides is 1. The summed E-state index contributed by atoms with van der Waals surface area (Å²) < 4.78 is 11.4. The van der Waals surface area contributed by atoms with E-state index >= 15 is 0 Å². The average Bonchev–Trinajstić information content (AvgIpc) is 2.98. The van der Waals surface area contributed by atoms with Gasteiger partial charge in [0.05, 0.1) is 25.9 Å². The van der Waals surface area contributed by atoms with Crippen LogP contribution >= 0.6 is 0 Å². The lowest BCUT2D eigenvalue weighted by molar-refractivity contribution is -0.127. The number of aliphatic imine (C=N–C) groups is 1. The number of rotatable bonds is 9. The van der Waals surface area contributed by atoms with E-state index in [-0.39, 0.29) is 12.5 Å². The Morgan fingerprint density at radius 1 is 1.11 bits per heavy atom. The smallest absolute Gasteiger partial charge is 0.243 e. The van der Waals surface area contributed by atoms with Crippen LogP contribution in [0.1, 0.15) is 38.5 Å². The van der Waals surface area contributed by atoms with Gasteiger partial charge in [-0.05, 0) is 12.8 Å². The van der Waals surface area contributed by atoms with Crippen molar-refractivity contribution in [3.05, 3.63) is 0 Å². The highest BCUT2D eigenvalue weighted by atomic mass is 16.5. The van der Waals surface area contributed by atoms with Gasteiger partial charge in [0.15, 0.2) is 5.96 Å². The summed E-state index contributed by atoms with van der Waals surface area (Å²) in [6, 6.07) is 0. The fraction of sp³-hybridized carbons (Fsp3) is 0.900. The maximum absolute atomic E-state index is 11.9. The lowest BCUT2D eigenvalue weighted by Crippen LogP contribution is -2.45. The number of ether oxygens (including phenoxy) is 2. The fourth-order valence-corrected chi connectivity index (χ4v) is 3.42. The molecule has 0 atom stereocenters. The predicted molar refractivity (Wildman–Crippen MR) is 112 cm³/mol. The topological polar surface area (TPSA) is 78.4 Å². The minimum absolute atomic E-state index is 0.0102. The highest BCUT2D eigenvalue weighted by molar-refractivity contribution is 5.84. The van der Waals surface area contributed by atoms with Crippen molar-refractivity contribution < 1.29 is 14.3 Å². The Labute approximate surface area is 170 Å². The maximum Gasteiger partial charge on any atom is 0.243 e. The minimum atomic E-state index is -0.0102. The Kier molecular flexibility index (Phi) is 11.2. The molecule has 1 saturated heterocycles. The number of guanidine groups is 1. The summed E-state index contributed by atoms with van der Waals surface area (Å²) in [4.78, 5) is 20.2. The molecule has 0 radical (unpaired) electrons. The number of likely N-dealkylation sites (N-methyl/N-ethyl adjacent to an activating group) is 1. The van der Waals surface area contributed by atoms with Gasteiger partial charge >= 0.3 is 0 Å². The van der Waals surface area contributed by atoms with Crippen molar-refractivity contribution in [2.75, 3.05) is 73.2 Å². The first-order valence-corrected chi connectivity index (χ1v) is 10.8. The van der Waals surface area contributed by atoms with Gasteiger partial charge in [-0.15, -0.1) is 0 Å². The summed E-state index contributed by atoms with van der Waals surface area (Å²) >= 11 is 0. The monoisotopic (exact) mass is 397 g/mol. The Morgan fingerprint density at radius 2 is 1.79 bits per heavy atom. The van der Waals surface area contributed by atoms with E-state index in [1.165, 1.54) is 38.5 Å². The summed E-state index contributed by atoms with van der Waals surface area (Å²) in [5.74, 6) is 0.664. The molecule has 8 heteroatoms. The van der Waals surface area contributed by atoms with Crippen LogP contribution in [-0.4, -0.2) is 101 Å². The molecule has 1 heterocycles. The van der Waals surface area contributed by atoms with E-state index in [1.807, 2.05) is 0 Å². The van der Waals surface area contributed by atoms with Gasteiger partial charge in [-0.3, -0.25) is 9.69 Å². The van der Waals surface area contributed by atoms with E-state index in [1.54, 1.807) is 19.0 Å². The van der Waals surface area contributed by atoms with Crippen LogP contribution in [0, 0.1) is 0 Å². The number of nitrogens with zero attached hydrogens (tertiary/aromatic N) is 3. The largest absolute Gasteiger partial charge is 0.379 e. The summed E-state index contributed by atoms with van der Waals surface area (Å²) in [5.41, 5.74) is 0. The summed E-state index contributed by atoms with van der Waals surface area (Å²) in [5, 5.41) is 6.65. The van der Waals surface area contributed by atoms with E-state index < -0.39 is 0 Å². The first kappa shape index (κ1) is 22.9. The number of hydrogen-bond donors (Lipinski definition) is 2. The zero-order chi connectivity index (χ0) is 20.0. The van der Waals surface area contributed by atoms with Crippen molar-refractivity contribution in [1.82, 2.24) is 20.4 Å². The van der Waals surface area contributed by atoms with Gasteiger partial charge in [0.25, 0.3) is 0 Å². The van der Waals surface area contributed by atoms with Gasteiger partial charge in [0.2, 0.25) is 5.91 Å². The number of carbonyl (C=O) groups is 1. The summed E-state index contributed by atoms with van der Waals surface area (Å²) in [6.45, 7) is 6.75. The molecule has 2 rings (SSSR count). The van der Waals surface area contributed by atoms with E-state index in [9.17, 15) is 4.79 Å². The van der Waals surface area contributed by atoms with Crippen LogP contribution in [0.4, 0.5) is 0 Å². The fourth-order valence-electron chi connectivity index (χ4n) is 3.42. The van der Waals surface area contributed by atoms with Crippen molar-refractivity contribution in [2.24, 2.45) is 4.99 Å². The molecule has 1 aliphatic heterocycles. The highest BCUT2D eigenvalue weighted by Crippen LogP contribution is 2.19. The molecular formula is C20H39N5O3. The third-order valence-corrected chi connectivity index (χ3v) is 5.25.